The maximum atomic E-state index is 11.6. The first-order valence-electron chi connectivity index (χ1n) is 5.27. The highest BCUT2D eigenvalue weighted by Gasteiger charge is 2.18. The van der Waals surface area contributed by atoms with Gasteiger partial charge in [0.1, 0.15) is 0 Å². The molecule has 0 bridgehead atoms. The number of nitrogens with one attached hydrogen (secondary N) is 2. The zero-order valence-corrected chi connectivity index (χ0v) is 11.4. The third-order valence-electron chi connectivity index (χ3n) is 2.47. The molecule has 2 rings (SSSR count). The average molecular weight is 318 g/mol. The number of carbonyl (C=O) groups excluding carboxylic acids is 2. The van der Waals surface area contributed by atoms with E-state index >= 15 is 0 Å². The number of carbonyl (C=O) groups is 2. The van der Waals surface area contributed by atoms with E-state index in [1.807, 2.05) is 0 Å². The molecule has 3 amide bonds. The predicted octanol–water partition coefficient (Wildman–Crippen LogP) is 1.96. The van der Waals surface area contributed by atoms with Crippen molar-refractivity contribution in [3.8, 4) is 0 Å². The maximum absolute atomic E-state index is 11.6. The molecule has 1 aliphatic heterocycles. The van der Waals surface area contributed by atoms with Gasteiger partial charge in [-0.3, -0.25) is 10.2 Å². The summed E-state index contributed by atoms with van der Waals surface area (Å²) in [4.78, 5) is 25.4. The lowest BCUT2D eigenvalue weighted by molar-refractivity contribution is 0.0935. The summed E-state index contributed by atoms with van der Waals surface area (Å²) in [5, 5.41) is 0. The number of likely N-dealkylation sites (tertiary alicyclic amines) is 1. The third-order valence-corrected chi connectivity index (χ3v) is 4.10. The van der Waals surface area contributed by atoms with Gasteiger partial charge >= 0.3 is 6.03 Å². The third kappa shape index (κ3) is 3.19. The summed E-state index contributed by atoms with van der Waals surface area (Å²) < 4.78 is 0.883. The van der Waals surface area contributed by atoms with Crippen LogP contribution in [0.15, 0.2) is 15.9 Å². The Morgan fingerprint density at radius 2 is 1.94 bits per heavy atom. The Hall–Kier alpha value is -1.08. The molecule has 1 aromatic heterocycles. The van der Waals surface area contributed by atoms with Crippen molar-refractivity contribution in [3.63, 3.8) is 0 Å². The second-order valence-electron chi connectivity index (χ2n) is 3.68. The van der Waals surface area contributed by atoms with Gasteiger partial charge in [0.15, 0.2) is 0 Å². The summed E-state index contributed by atoms with van der Waals surface area (Å²) in [5.41, 5.74) is 4.81. The van der Waals surface area contributed by atoms with Gasteiger partial charge in [-0.25, -0.2) is 10.2 Å². The quantitative estimate of drug-likeness (QED) is 0.778. The molecule has 0 saturated carbocycles. The van der Waals surface area contributed by atoms with Crippen molar-refractivity contribution in [1.29, 1.82) is 0 Å². The molecule has 1 fully saturated rings. The first-order valence-corrected chi connectivity index (χ1v) is 6.88. The van der Waals surface area contributed by atoms with Gasteiger partial charge in [-0.2, -0.15) is 0 Å². The molecule has 0 aromatic carbocycles. The summed E-state index contributed by atoms with van der Waals surface area (Å²) in [5.74, 6) is -0.298. The van der Waals surface area contributed by atoms with Crippen molar-refractivity contribution in [2.75, 3.05) is 13.1 Å². The van der Waals surface area contributed by atoms with Crippen LogP contribution in [0.4, 0.5) is 4.79 Å². The molecule has 2 heterocycles. The Kier molecular flexibility index (Phi) is 4.01. The van der Waals surface area contributed by atoms with Crippen LogP contribution in [0.1, 0.15) is 22.5 Å². The number of thiophene rings is 1. The highest BCUT2D eigenvalue weighted by molar-refractivity contribution is 9.11. The summed E-state index contributed by atoms with van der Waals surface area (Å²) in [6.07, 6.45) is 2.05. The summed E-state index contributed by atoms with van der Waals surface area (Å²) in [6.45, 7) is 1.51. The van der Waals surface area contributed by atoms with Gasteiger partial charge in [0.25, 0.3) is 5.91 Å². The molecule has 0 spiro atoms. The SMILES string of the molecule is O=C(NNC(=O)N1CCCC1)c1ccc(Br)s1. The number of hydrazine groups is 1. The van der Waals surface area contributed by atoms with Crippen molar-refractivity contribution < 1.29 is 9.59 Å². The summed E-state index contributed by atoms with van der Waals surface area (Å²) >= 11 is 4.60. The zero-order valence-electron chi connectivity index (χ0n) is 9.03. The highest BCUT2D eigenvalue weighted by Crippen LogP contribution is 2.21. The average Bonchev–Trinajstić information content (AvgIpc) is 2.95. The molecular weight excluding hydrogens is 306 g/mol. The van der Waals surface area contributed by atoms with E-state index in [4.69, 9.17) is 0 Å². The van der Waals surface area contributed by atoms with Gasteiger partial charge in [-0.15, -0.1) is 11.3 Å². The lowest BCUT2D eigenvalue weighted by Gasteiger charge is -2.16. The van der Waals surface area contributed by atoms with E-state index in [0.717, 1.165) is 29.7 Å². The molecule has 0 aliphatic carbocycles. The summed E-state index contributed by atoms with van der Waals surface area (Å²) in [7, 11) is 0. The van der Waals surface area contributed by atoms with Crippen LogP contribution in [0.2, 0.25) is 0 Å². The number of rotatable bonds is 1. The number of hydrogen-bond acceptors (Lipinski definition) is 3. The van der Waals surface area contributed by atoms with Crippen molar-refractivity contribution in [1.82, 2.24) is 15.8 Å². The van der Waals surface area contributed by atoms with Gasteiger partial charge in [-0.05, 0) is 40.9 Å². The summed E-state index contributed by atoms with van der Waals surface area (Å²) in [6, 6.07) is 3.25. The number of urea groups is 1. The Morgan fingerprint density at radius 3 is 2.53 bits per heavy atom. The van der Waals surface area contributed by atoms with Crippen LogP contribution in [0, 0.1) is 0 Å². The molecule has 0 unspecified atom stereocenters. The van der Waals surface area contributed by atoms with E-state index in [1.54, 1.807) is 17.0 Å². The second-order valence-corrected chi connectivity index (χ2v) is 6.15. The fraction of sp³-hybridized carbons (Fsp3) is 0.400. The molecule has 7 heteroatoms. The van der Waals surface area contributed by atoms with Gasteiger partial charge < -0.3 is 4.90 Å². The molecule has 1 aromatic rings. The van der Waals surface area contributed by atoms with Crippen molar-refractivity contribution in [3.05, 3.63) is 20.8 Å². The van der Waals surface area contributed by atoms with E-state index in [1.165, 1.54) is 11.3 Å². The van der Waals surface area contributed by atoms with E-state index in [2.05, 4.69) is 26.8 Å². The minimum atomic E-state index is -0.298. The van der Waals surface area contributed by atoms with Gasteiger partial charge in [-0.1, -0.05) is 0 Å². The Bertz CT molecular complexity index is 429. The molecule has 1 saturated heterocycles. The number of hydrogen-bond donors (Lipinski definition) is 2. The van der Waals surface area contributed by atoms with Gasteiger partial charge in [0.05, 0.1) is 8.66 Å². The van der Waals surface area contributed by atoms with E-state index in [9.17, 15) is 9.59 Å². The smallest absolute Gasteiger partial charge is 0.323 e. The fourth-order valence-corrected chi connectivity index (χ4v) is 2.89. The lowest BCUT2D eigenvalue weighted by atomic mass is 10.4. The number of halogens is 1. The molecular formula is C10H12BrN3O2S. The first kappa shape index (κ1) is 12.4. The van der Waals surface area contributed by atoms with Crippen molar-refractivity contribution in [2.24, 2.45) is 0 Å². The van der Waals surface area contributed by atoms with Gasteiger partial charge in [0.2, 0.25) is 0 Å². The van der Waals surface area contributed by atoms with Crippen molar-refractivity contribution in [2.45, 2.75) is 12.8 Å². The molecule has 1 aliphatic rings. The van der Waals surface area contributed by atoms with E-state index in [-0.39, 0.29) is 11.9 Å². The van der Waals surface area contributed by atoms with Crippen molar-refractivity contribution >= 4 is 39.2 Å². The van der Waals surface area contributed by atoms with Gasteiger partial charge in [0, 0.05) is 13.1 Å². The number of amides is 3. The van der Waals surface area contributed by atoms with Crippen LogP contribution >= 0.6 is 27.3 Å². The van der Waals surface area contributed by atoms with Crippen LogP contribution in [-0.2, 0) is 0 Å². The predicted molar refractivity (Wildman–Crippen MR) is 68.8 cm³/mol. The van der Waals surface area contributed by atoms with E-state index in [0.29, 0.717) is 4.88 Å². The minimum absolute atomic E-state index is 0.244. The molecule has 92 valence electrons. The maximum Gasteiger partial charge on any atom is 0.336 e. The Labute approximate surface area is 111 Å². The first-order chi connectivity index (χ1) is 8.16. The lowest BCUT2D eigenvalue weighted by Crippen LogP contribution is -2.47. The molecule has 0 radical (unpaired) electrons. The molecule has 5 nitrogen and oxygen atoms in total. The second kappa shape index (κ2) is 5.50. The largest absolute Gasteiger partial charge is 0.336 e. The van der Waals surface area contributed by atoms with Crippen LogP contribution < -0.4 is 10.9 Å². The molecule has 17 heavy (non-hydrogen) atoms. The standard InChI is InChI=1S/C10H12BrN3O2S/c11-8-4-3-7(17-8)9(15)12-13-10(16)14-5-1-2-6-14/h3-4H,1-2,5-6H2,(H,12,15)(H,13,16). The Balaban J connectivity index is 1.81. The van der Waals surface area contributed by atoms with Crippen LogP contribution in [-0.4, -0.2) is 29.9 Å². The molecule has 0 atom stereocenters. The fourth-order valence-electron chi connectivity index (χ4n) is 1.61. The van der Waals surface area contributed by atoms with Crippen LogP contribution in [0.5, 0.6) is 0 Å². The topological polar surface area (TPSA) is 61.4 Å². The number of nitrogens with zero attached hydrogens (tertiary/aromatic N) is 1. The monoisotopic (exact) mass is 317 g/mol. The zero-order chi connectivity index (χ0) is 12.3. The van der Waals surface area contributed by atoms with Crippen LogP contribution in [0.3, 0.4) is 0 Å². The Morgan fingerprint density at radius 1 is 1.24 bits per heavy atom. The highest BCUT2D eigenvalue weighted by atomic mass is 79.9. The molecule has 2 N–H and O–H groups in total. The van der Waals surface area contributed by atoms with Crippen LogP contribution in [0.25, 0.3) is 0 Å². The normalized spacial score (nSPS) is 14.8. The van der Waals surface area contributed by atoms with E-state index < -0.39 is 0 Å². The minimum Gasteiger partial charge on any atom is -0.323 e.